The molecule has 7 heteroatoms. The number of rotatable bonds is 7. The highest BCUT2D eigenvalue weighted by atomic mass is 32.2. The predicted molar refractivity (Wildman–Crippen MR) is 93.3 cm³/mol. The van der Waals surface area contributed by atoms with Gasteiger partial charge >= 0.3 is 5.97 Å². The summed E-state index contributed by atoms with van der Waals surface area (Å²) in [5, 5.41) is 0. The topological polar surface area (TPSA) is 63.7 Å². The lowest BCUT2D eigenvalue weighted by Crippen LogP contribution is -2.30. The molecule has 1 unspecified atom stereocenters. The number of benzene rings is 1. The number of nitrogens with zero attached hydrogens (tertiary/aromatic N) is 1. The molecule has 0 amide bonds. The van der Waals surface area contributed by atoms with Crippen molar-refractivity contribution in [3.63, 3.8) is 0 Å². The van der Waals surface area contributed by atoms with E-state index in [9.17, 15) is 17.6 Å². The summed E-state index contributed by atoms with van der Waals surface area (Å²) in [5.74, 6) is -1.39. The largest absolute Gasteiger partial charge is 0.462 e. The van der Waals surface area contributed by atoms with Crippen LogP contribution < -0.4 is 0 Å². The predicted octanol–water partition coefficient (Wildman–Crippen LogP) is 3.37. The quantitative estimate of drug-likeness (QED) is 0.546. The second-order valence-corrected chi connectivity index (χ2v) is 7.92. The maximum atomic E-state index is 14.0. The molecule has 0 saturated heterocycles. The van der Waals surface area contributed by atoms with Crippen molar-refractivity contribution in [3.05, 3.63) is 41.7 Å². The normalized spacial score (nSPS) is 17.7. The molecule has 0 N–H and O–H groups in total. The summed E-state index contributed by atoms with van der Waals surface area (Å²) in [6, 6.07) is 3.23. The highest BCUT2D eigenvalue weighted by molar-refractivity contribution is 7.89. The van der Waals surface area contributed by atoms with Gasteiger partial charge in [0.1, 0.15) is 5.82 Å². The molecule has 0 radical (unpaired) electrons. The molecule has 5 nitrogen and oxygen atoms in total. The summed E-state index contributed by atoms with van der Waals surface area (Å²) in [4.78, 5) is 12.1. The SMILES string of the molecule is CCN(CC)S(=O)(=O)c1ccc(F)c(C(=O)OCC2CC=CCC2)c1. The summed E-state index contributed by atoms with van der Waals surface area (Å²) in [6.45, 7) is 4.24. The number of esters is 1. The first-order valence-electron chi connectivity index (χ1n) is 8.52. The molecule has 1 atom stereocenters. The van der Waals surface area contributed by atoms with E-state index >= 15 is 0 Å². The van der Waals surface area contributed by atoms with Crippen LogP contribution in [-0.2, 0) is 14.8 Å². The van der Waals surface area contributed by atoms with Gasteiger partial charge in [0.05, 0.1) is 17.1 Å². The first kappa shape index (κ1) is 19.6. The highest BCUT2D eigenvalue weighted by Crippen LogP contribution is 2.22. The minimum atomic E-state index is -3.76. The van der Waals surface area contributed by atoms with E-state index in [1.165, 1.54) is 10.4 Å². The van der Waals surface area contributed by atoms with Crippen LogP contribution in [0.3, 0.4) is 0 Å². The fraction of sp³-hybridized carbons (Fsp3) is 0.500. The molecule has 138 valence electrons. The standard InChI is InChI=1S/C18H24FNO4S/c1-3-20(4-2)25(22,23)15-10-11-17(19)16(12-15)18(21)24-13-14-8-6-5-7-9-14/h5-6,10-12,14H,3-4,7-9,13H2,1-2H3. The summed E-state index contributed by atoms with van der Waals surface area (Å²) in [6.07, 6.45) is 6.81. The Hall–Kier alpha value is -1.73. The van der Waals surface area contributed by atoms with E-state index in [1.54, 1.807) is 13.8 Å². The lowest BCUT2D eigenvalue weighted by molar-refractivity contribution is 0.0426. The number of carbonyl (C=O) groups is 1. The van der Waals surface area contributed by atoms with Crippen molar-refractivity contribution in [2.75, 3.05) is 19.7 Å². The molecular weight excluding hydrogens is 345 g/mol. The zero-order valence-corrected chi connectivity index (χ0v) is 15.4. The molecule has 0 spiro atoms. The van der Waals surface area contributed by atoms with Crippen molar-refractivity contribution in [2.45, 2.75) is 38.0 Å². The van der Waals surface area contributed by atoms with Crippen LogP contribution in [0.4, 0.5) is 4.39 Å². The Morgan fingerprint density at radius 1 is 1.28 bits per heavy atom. The number of sulfonamides is 1. The maximum Gasteiger partial charge on any atom is 0.341 e. The van der Waals surface area contributed by atoms with Crippen LogP contribution in [0.1, 0.15) is 43.5 Å². The smallest absolute Gasteiger partial charge is 0.341 e. The first-order valence-corrected chi connectivity index (χ1v) is 9.96. The van der Waals surface area contributed by atoms with E-state index in [2.05, 4.69) is 6.08 Å². The number of ether oxygens (including phenoxy) is 1. The van der Waals surface area contributed by atoms with Crippen LogP contribution >= 0.6 is 0 Å². The van der Waals surface area contributed by atoms with Crippen LogP contribution in [0.5, 0.6) is 0 Å². The van der Waals surface area contributed by atoms with Crippen molar-refractivity contribution >= 4 is 16.0 Å². The van der Waals surface area contributed by atoms with Crippen molar-refractivity contribution < 1.29 is 22.3 Å². The number of hydrogen-bond acceptors (Lipinski definition) is 4. The Morgan fingerprint density at radius 3 is 2.60 bits per heavy atom. The van der Waals surface area contributed by atoms with Crippen molar-refractivity contribution in [1.29, 1.82) is 0 Å². The van der Waals surface area contributed by atoms with E-state index < -0.39 is 21.8 Å². The van der Waals surface area contributed by atoms with Crippen LogP contribution in [0.25, 0.3) is 0 Å². The van der Waals surface area contributed by atoms with Gasteiger partial charge in [0.25, 0.3) is 0 Å². The fourth-order valence-electron chi connectivity index (χ4n) is 2.81. The van der Waals surface area contributed by atoms with Gasteiger partial charge in [0.2, 0.25) is 10.0 Å². The van der Waals surface area contributed by atoms with Gasteiger partial charge in [0, 0.05) is 13.1 Å². The Morgan fingerprint density at radius 2 is 2.00 bits per heavy atom. The van der Waals surface area contributed by atoms with Gasteiger partial charge < -0.3 is 4.74 Å². The average molecular weight is 369 g/mol. The molecule has 0 aliphatic heterocycles. The maximum absolute atomic E-state index is 14.0. The molecular formula is C18H24FNO4S. The van der Waals surface area contributed by atoms with Gasteiger partial charge in [-0.15, -0.1) is 0 Å². The minimum Gasteiger partial charge on any atom is -0.462 e. The first-order chi connectivity index (χ1) is 11.9. The van der Waals surface area contributed by atoms with E-state index in [1.807, 2.05) is 6.08 Å². The zero-order chi connectivity index (χ0) is 18.4. The molecule has 0 heterocycles. The molecule has 0 saturated carbocycles. The average Bonchev–Trinajstić information content (AvgIpc) is 2.61. The third kappa shape index (κ3) is 4.67. The Bertz CT molecular complexity index is 741. The zero-order valence-electron chi connectivity index (χ0n) is 14.6. The van der Waals surface area contributed by atoms with Gasteiger partial charge in [-0.2, -0.15) is 4.31 Å². The molecule has 1 aromatic rings. The molecule has 0 fully saturated rings. The summed E-state index contributed by atoms with van der Waals surface area (Å²) in [5.41, 5.74) is -0.348. The molecule has 2 rings (SSSR count). The molecule has 0 aromatic heterocycles. The summed E-state index contributed by atoms with van der Waals surface area (Å²) >= 11 is 0. The molecule has 25 heavy (non-hydrogen) atoms. The lowest BCUT2D eigenvalue weighted by Gasteiger charge is -2.19. The third-order valence-electron chi connectivity index (χ3n) is 4.33. The van der Waals surface area contributed by atoms with E-state index in [-0.39, 0.29) is 23.0 Å². The number of allylic oxidation sites excluding steroid dienone is 2. The molecule has 1 aliphatic carbocycles. The van der Waals surface area contributed by atoms with E-state index in [0.717, 1.165) is 31.4 Å². The number of hydrogen-bond donors (Lipinski definition) is 0. The van der Waals surface area contributed by atoms with Crippen LogP contribution in [-0.4, -0.2) is 38.4 Å². The van der Waals surface area contributed by atoms with Crippen molar-refractivity contribution in [2.24, 2.45) is 5.92 Å². The highest BCUT2D eigenvalue weighted by Gasteiger charge is 2.25. The van der Waals surface area contributed by atoms with E-state index in [0.29, 0.717) is 13.1 Å². The molecule has 1 aromatic carbocycles. The van der Waals surface area contributed by atoms with Gasteiger partial charge in [-0.25, -0.2) is 17.6 Å². The van der Waals surface area contributed by atoms with Gasteiger partial charge in [-0.3, -0.25) is 0 Å². The Labute approximate surface area is 148 Å². The number of carbonyl (C=O) groups excluding carboxylic acids is 1. The third-order valence-corrected chi connectivity index (χ3v) is 6.37. The monoisotopic (exact) mass is 369 g/mol. The fourth-order valence-corrected chi connectivity index (χ4v) is 4.30. The van der Waals surface area contributed by atoms with Gasteiger partial charge in [0.15, 0.2) is 0 Å². The molecule has 0 bridgehead atoms. The Kier molecular flexibility index (Phi) is 6.72. The number of halogens is 1. The second-order valence-electron chi connectivity index (χ2n) is 5.98. The van der Waals surface area contributed by atoms with Crippen molar-refractivity contribution in [1.82, 2.24) is 4.31 Å². The summed E-state index contributed by atoms with van der Waals surface area (Å²) in [7, 11) is -3.76. The molecule has 1 aliphatic rings. The van der Waals surface area contributed by atoms with Gasteiger partial charge in [-0.1, -0.05) is 26.0 Å². The van der Waals surface area contributed by atoms with Crippen LogP contribution in [0, 0.1) is 11.7 Å². The summed E-state index contributed by atoms with van der Waals surface area (Å²) < 4.78 is 45.5. The minimum absolute atomic E-state index is 0.106. The van der Waals surface area contributed by atoms with E-state index in [4.69, 9.17) is 4.74 Å². The Balaban J connectivity index is 2.17. The van der Waals surface area contributed by atoms with Gasteiger partial charge in [-0.05, 0) is 43.4 Å². The van der Waals surface area contributed by atoms with Crippen LogP contribution in [0.15, 0.2) is 35.2 Å². The lowest BCUT2D eigenvalue weighted by atomic mass is 9.95. The second kappa shape index (κ2) is 8.58. The van der Waals surface area contributed by atoms with Crippen molar-refractivity contribution in [3.8, 4) is 0 Å². The van der Waals surface area contributed by atoms with Crippen LogP contribution in [0.2, 0.25) is 0 Å².